The van der Waals surface area contributed by atoms with Gasteiger partial charge >= 0.3 is 0 Å². The summed E-state index contributed by atoms with van der Waals surface area (Å²) in [7, 11) is 3.51. The van der Waals surface area contributed by atoms with Gasteiger partial charge in [-0.25, -0.2) is 4.39 Å². The molecule has 1 aliphatic heterocycles. The number of nitrogens with one attached hydrogen (secondary N) is 2. The highest BCUT2D eigenvalue weighted by molar-refractivity contribution is 14.0. The number of aliphatic imine (C=N–C) groups is 1. The minimum Gasteiger partial charge on any atom is -0.489 e. The van der Waals surface area contributed by atoms with E-state index in [1.54, 1.807) is 26.3 Å². The average Bonchev–Trinajstić information content (AvgIpc) is 2.67. The van der Waals surface area contributed by atoms with E-state index >= 15 is 0 Å². The smallest absolute Gasteiger partial charge is 0.191 e. The van der Waals surface area contributed by atoms with Crippen molar-refractivity contribution in [1.82, 2.24) is 15.5 Å². The number of hydrogen-bond donors (Lipinski definition) is 2. The molecule has 160 valence electrons. The van der Waals surface area contributed by atoms with Crippen molar-refractivity contribution in [3.8, 4) is 5.75 Å². The van der Waals surface area contributed by atoms with Gasteiger partial charge in [0.25, 0.3) is 0 Å². The van der Waals surface area contributed by atoms with Crippen LogP contribution in [0, 0.1) is 11.7 Å². The van der Waals surface area contributed by atoms with Crippen molar-refractivity contribution >= 4 is 29.9 Å². The van der Waals surface area contributed by atoms with Crippen LogP contribution in [0.25, 0.3) is 0 Å². The fourth-order valence-corrected chi connectivity index (χ4v) is 3.15. The Morgan fingerprint density at radius 2 is 2.07 bits per heavy atom. The van der Waals surface area contributed by atoms with E-state index in [9.17, 15) is 4.39 Å². The predicted molar refractivity (Wildman–Crippen MR) is 122 cm³/mol. The van der Waals surface area contributed by atoms with Gasteiger partial charge in [-0.05, 0) is 50.9 Å². The molecule has 0 bridgehead atoms. The quantitative estimate of drug-likeness (QED) is 0.305. The molecule has 0 aliphatic carbocycles. The molecular weight excluding hydrogens is 474 g/mol. The zero-order valence-electron chi connectivity index (χ0n) is 17.1. The minimum absolute atomic E-state index is 0. The van der Waals surface area contributed by atoms with E-state index in [-0.39, 0.29) is 35.9 Å². The van der Waals surface area contributed by atoms with Crippen molar-refractivity contribution in [3.05, 3.63) is 30.1 Å². The summed E-state index contributed by atoms with van der Waals surface area (Å²) in [5.74, 6) is 1.67. The van der Waals surface area contributed by atoms with Crippen molar-refractivity contribution in [3.63, 3.8) is 0 Å². The fourth-order valence-electron chi connectivity index (χ4n) is 3.15. The van der Waals surface area contributed by atoms with Crippen LogP contribution in [0.5, 0.6) is 5.75 Å². The Bertz CT molecular complexity index is 583. The van der Waals surface area contributed by atoms with Crippen LogP contribution >= 0.6 is 24.0 Å². The zero-order chi connectivity index (χ0) is 19.5. The highest BCUT2D eigenvalue weighted by Gasteiger charge is 2.19. The number of nitrogens with zero attached hydrogens (tertiary/aromatic N) is 2. The summed E-state index contributed by atoms with van der Waals surface area (Å²) in [4.78, 5) is 6.73. The molecule has 0 radical (unpaired) electrons. The molecule has 1 aliphatic rings. The Hall–Kier alpha value is -1.13. The van der Waals surface area contributed by atoms with Crippen molar-refractivity contribution in [2.45, 2.75) is 25.9 Å². The molecule has 1 atom stereocenters. The van der Waals surface area contributed by atoms with Crippen LogP contribution in [0.15, 0.2) is 29.3 Å². The maximum atomic E-state index is 13.2. The van der Waals surface area contributed by atoms with Gasteiger partial charge < -0.3 is 25.0 Å². The lowest BCUT2D eigenvalue weighted by Gasteiger charge is -2.32. The normalized spacial score (nSPS) is 16.9. The number of halogens is 2. The van der Waals surface area contributed by atoms with Gasteiger partial charge in [0.1, 0.15) is 17.7 Å². The van der Waals surface area contributed by atoms with E-state index in [4.69, 9.17) is 9.47 Å². The molecular formula is C20H34FIN4O2. The van der Waals surface area contributed by atoms with Crippen LogP contribution in [0.1, 0.15) is 19.8 Å². The summed E-state index contributed by atoms with van der Waals surface area (Å²) in [6.07, 6.45) is 2.27. The van der Waals surface area contributed by atoms with Crippen LogP contribution in [-0.4, -0.2) is 70.5 Å². The monoisotopic (exact) mass is 508 g/mol. The molecule has 28 heavy (non-hydrogen) atoms. The lowest BCUT2D eigenvalue weighted by molar-refractivity contribution is 0.121. The van der Waals surface area contributed by atoms with Crippen molar-refractivity contribution < 1.29 is 13.9 Å². The third-order valence-electron chi connectivity index (χ3n) is 4.79. The molecule has 1 aromatic carbocycles. The topological polar surface area (TPSA) is 58.1 Å². The number of piperidine rings is 1. The Morgan fingerprint density at radius 1 is 1.32 bits per heavy atom. The summed E-state index contributed by atoms with van der Waals surface area (Å²) in [6, 6.07) is 6.20. The van der Waals surface area contributed by atoms with Crippen LogP contribution in [0.2, 0.25) is 0 Å². The molecule has 0 spiro atoms. The van der Waals surface area contributed by atoms with Gasteiger partial charge in [0.2, 0.25) is 0 Å². The Morgan fingerprint density at radius 3 is 2.71 bits per heavy atom. The second-order valence-corrected chi connectivity index (χ2v) is 7.00. The van der Waals surface area contributed by atoms with E-state index in [1.807, 2.05) is 6.92 Å². The minimum atomic E-state index is -0.293. The first-order valence-corrected chi connectivity index (χ1v) is 9.68. The van der Waals surface area contributed by atoms with E-state index in [2.05, 4.69) is 20.5 Å². The molecule has 1 saturated heterocycles. The van der Waals surface area contributed by atoms with Gasteiger partial charge in [0, 0.05) is 33.3 Å². The van der Waals surface area contributed by atoms with Crippen molar-refractivity contribution in [2.75, 3.05) is 53.5 Å². The third kappa shape index (κ3) is 9.38. The fraction of sp³-hybridized carbons (Fsp3) is 0.650. The average molecular weight is 508 g/mol. The molecule has 0 aromatic heterocycles. The van der Waals surface area contributed by atoms with Crippen molar-refractivity contribution in [2.24, 2.45) is 10.9 Å². The van der Waals surface area contributed by atoms with E-state index < -0.39 is 0 Å². The number of likely N-dealkylation sites (tertiary alicyclic amines) is 1. The maximum absolute atomic E-state index is 13.2. The van der Waals surface area contributed by atoms with Crippen LogP contribution < -0.4 is 15.4 Å². The highest BCUT2D eigenvalue weighted by Crippen LogP contribution is 2.16. The number of rotatable bonds is 9. The first-order chi connectivity index (χ1) is 13.1. The zero-order valence-corrected chi connectivity index (χ0v) is 19.4. The van der Waals surface area contributed by atoms with Gasteiger partial charge in [0.05, 0.1) is 13.2 Å². The number of benzene rings is 1. The van der Waals surface area contributed by atoms with E-state index in [1.165, 1.54) is 25.0 Å². The number of ether oxygens (including phenoxy) is 2. The molecule has 0 saturated carbocycles. The Labute approximate surface area is 185 Å². The summed E-state index contributed by atoms with van der Waals surface area (Å²) < 4.78 is 24.1. The number of methoxy groups -OCH3 is 1. The predicted octanol–water partition coefficient (Wildman–Crippen LogP) is 2.73. The SMILES string of the molecule is CN=C(NCC1CCN(CCOC)CC1)NCC(C)Oc1cccc(F)c1.I. The Balaban J connectivity index is 0.00000392. The van der Waals surface area contributed by atoms with Crippen LogP contribution in [0.3, 0.4) is 0 Å². The van der Waals surface area contributed by atoms with Crippen LogP contribution in [0.4, 0.5) is 4.39 Å². The van der Waals surface area contributed by atoms with Gasteiger partial charge in [-0.2, -0.15) is 0 Å². The summed E-state index contributed by atoms with van der Waals surface area (Å²) in [5, 5.41) is 6.68. The molecule has 2 rings (SSSR count). The molecule has 6 nitrogen and oxygen atoms in total. The lowest BCUT2D eigenvalue weighted by atomic mass is 9.97. The van der Waals surface area contributed by atoms with Gasteiger partial charge in [-0.3, -0.25) is 4.99 Å². The maximum Gasteiger partial charge on any atom is 0.191 e. The first kappa shape index (κ1) is 24.9. The van der Waals surface area contributed by atoms with Gasteiger partial charge in [-0.1, -0.05) is 6.07 Å². The first-order valence-electron chi connectivity index (χ1n) is 9.68. The van der Waals surface area contributed by atoms with E-state index in [0.29, 0.717) is 18.2 Å². The molecule has 8 heteroatoms. The standard InChI is InChI=1S/C20H33FN4O2.HI/c1-16(27-19-6-4-5-18(21)13-19)14-23-20(22-2)24-15-17-7-9-25(10-8-17)11-12-26-3;/h4-6,13,16-17H,7-12,14-15H2,1-3H3,(H2,22,23,24);1H. The summed E-state index contributed by atoms with van der Waals surface area (Å²) in [5.41, 5.74) is 0. The Kier molecular flexibility index (Phi) is 12.4. The summed E-state index contributed by atoms with van der Waals surface area (Å²) in [6.45, 7) is 7.52. The van der Waals surface area contributed by atoms with Gasteiger partial charge in [-0.15, -0.1) is 24.0 Å². The number of guanidine groups is 1. The number of hydrogen-bond acceptors (Lipinski definition) is 4. The van der Waals surface area contributed by atoms with Crippen LogP contribution in [-0.2, 0) is 4.74 Å². The molecule has 1 fully saturated rings. The molecule has 2 N–H and O–H groups in total. The molecule has 1 aromatic rings. The molecule has 1 heterocycles. The van der Waals surface area contributed by atoms with E-state index in [0.717, 1.165) is 38.7 Å². The van der Waals surface area contributed by atoms with Gasteiger partial charge in [0.15, 0.2) is 5.96 Å². The summed E-state index contributed by atoms with van der Waals surface area (Å²) >= 11 is 0. The highest BCUT2D eigenvalue weighted by atomic mass is 127. The lowest BCUT2D eigenvalue weighted by Crippen LogP contribution is -2.45. The van der Waals surface area contributed by atoms with Crippen molar-refractivity contribution in [1.29, 1.82) is 0 Å². The molecule has 0 amide bonds. The second kappa shape index (κ2) is 13.9. The third-order valence-corrected chi connectivity index (χ3v) is 4.79. The molecule has 1 unspecified atom stereocenters. The second-order valence-electron chi connectivity index (χ2n) is 7.00. The largest absolute Gasteiger partial charge is 0.489 e.